The summed E-state index contributed by atoms with van der Waals surface area (Å²) in [5.41, 5.74) is 0.828. The highest BCUT2D eigenvalue weighted by Gasteiger charge is 2.41. The van der Waals surface area contributed by atoms with E-state index >= 15 is 0 Å². The summed E-state index contributed by atoms with van der Waals surface area (Å²) in [4.78, 5) is 24.9. The van der Waals surface area contributed by atoms with Crippen LogP contribution in [-0.4, -0.2) is 48.1 Å². The Bertz CT molecular complexity index is 866. The van der Waals surface area contributed by atoms with Gasteiger partial charge in [-0.1, -0.05) is 49.4 Å². The van der Waals surface area contributed by atoms with Crippen molar-refractivity contribution in [3.05, 3.63) is 84.4 Å². The molecule has 2 aromatic rings. The first-order valence-electron chi connectivity index (χ1n) is 10.4. The molecule has 1 fully saturated rings. The second kappa shape index (κ2) is 10.9. The SMILES string of the molecule is C=CC[C@@H]1O[C@H](C[C@@H](COC(=O)c2ccccc2)OC(=O)c2ccccc2)[C@H](C)C1O. The van der Waals surface area contributed by atoms with Gasteiger partial charge in [0.15, 0.2) is 0 Å². The van der Waals surface area contributed by atoms with Crippen LogP contribution in [0.4, 0.5) is 0 Å². The molecule has 1 N–H and O–H groups in total. The van der Waals surface area contributed by atoms with E-state index in [1.54, 1.807) is 54.6 Å². The Hall–Kier alpha value is -2.96. The van der Waals surface area contributed by atoms with Crippen LogP contribution in [0.1, 0.15) is 40.5 Å². The van der Waals surface area contributed by atoms with Crippen LogP contribution in [-0.2, 0) is 14.2 Å². The zero-order chi connectivity index (χ0) is 22.2. The van der Waals surface area contributed by atoms with E-state index in [0.29, 0.717) is 24.0 Å². The number of aliphatic hydroxyl groups excluding tert-OH is 1. The first kappa shape index (κ1) is 22.7. The van der Waals surface area contributed by atoms with Crippen molar-refractivity contribution in [2.24, 2.45) is 5.92 Å². The highest BCUT2D eigenvalue weighted by Crippen LogP contribution is 2.32. The summed E-state index contributed by atoms with van der Waals surface area (Å²) in [6, 6.07) is 17.3. The average molecular weight is 424 g/mol. The molecule has 5 atom stereocenters. The van der Waals surface area contributed by atoms with Crippen molar-refractivity contribution >= 4 is 11.9 Å². The molecule has 0 radical (unpaired) electrons. The molecule has 0 bridgehead atoms. The van der Waals surface area contributed by atoms with Crippen molar-refractivity contribution in [1.29, 1.82) is 0 Å². The number of hydrogen-bond acceptors (Lipinski definition) is 6. The molecule has 0 spiro atoms. The molecular weight excluding hydrogens is 396 g/mol. The van der Waals surface area contributed by atoms with Gasteiger partial charge >= 0.3 is 11.9 Å². The largest absolute Gasteiger partial charge is 0.458 e. The van der Waals surface area contributed by atoms with Crippen LogP contribution in [0.25, 0.3) is 0 Å². The lowest BCUT2D eigenvalue weighted by Crippen LogP contribution is -2.32. The topological polar surface area (TPSA) is 82.1 Å². The van der Waals surface area contributed by atoms with Crippen LogP contribution in [0.2, 0.25) is 0 Å². The summed E-state index contributed by atoms with van der Waals surface area (Å²) in [5, 5.41) is 10.4. The highest BCUT2D eigenvalue weighted by molar-refractivity contribution is 5.90. The van der Waals surface area contributed by atoms with Crippen molar-refractivity contribution in [2.75, 3.05) is 6.61 Å². The van der Waals surface area contributed by atoms with E-state index in [-0.39, 0.29) is 24.7 Å². The van der Waals surface area contributed by atoms with Gasteiger partial charge in [-0.3, -0.25) is 0 Å². The quantitative estimate of drug-likeness (QED) is 0.487. The Morgan fingerprint density at radius 1 is 1.03 bits per heavy atom. The second-order valence-electron chi connectivity index (χ2n) is 7.68. The molecule has 1 heterocycles. The van der Waals surface area contributed by atoms with Gasteiger partial charge in [0.25, 0.3) is 0 Å². The molecular formula is C25H28O6. The Morgan fingerprint density at radius 3 is 2.19 bits per heavy atom. The molecule has 0 aromatic heterocycles. The van der Waals surface area contributed by atoms with Crippen molar-refractivity contribution in [2.45, 2.75) is 44.2 Å². The Balaban J connectivity index is 1.68. The van der Waals surface area contributed by atoms with Crippen LogP contribution < -0.4 is 0 Å². The molecule has 1 unspecified atom stereocenters. The van der Waals surface area contributed by atoms with Gasteiger partial charge in [0, 0.05) is 12.3 Å². The summed E-state index contributed by atoms with van der Waals surface area (Å²) in [7, 11) is 0. The van der Waals surface area contributed by atoms with E-state index in [2.05, 4.69) is 6.58 Å². The zero-order valence-electron chi connectivity index (χ0n) is 17.6. The lowest BCUT2D eigenvalue weighted by Gasteiger charge is -2.23. The number of rotatable bonds is 9. The monoisotopic (exact) mass is 424 g/mol. The number of carbonyl (C=O) groups is 2. The van der Waals surface area contributed by atoms with Crippen molar-refractivity contribution < 1.29 is 28.9 Å². The number of benzene rings is 2. The minimum Gasteiger partial charge on any atom is -0.458 e. The van der Waals surface area contributed by atoms with E-state index in [4.69, 9.17) is 14.2 Å². The molecule has 31 heavy (non-hydrogen) atoms. The fourth-order valence-corrected chi connectivity index (χ4v) is 3.65. The summed E-state index contributed by atoms with van der Waals surface area (Å²) in [6.45, 7) is 5.49. The first-order chi connectivity index (χ1) is 15.0. The van der Waals surface area contributed by atoms with Gasteiger partial charge in [0.05, 0.1) is 29.4 Å². The van der Waals surface area contributed by atoms with Crippen molar-refractivity contribution in [3.8, 4) is 0 Å². The lowest BCUT2D eigenvalue weighted by molar-refractivity contribution is -0.0361. The Labute approximate surface area is 182 Å². The van der Waals surface area contributed by atoms with E-state index in [9.17, 15) is 14.7 Å². The molecule has 3 rings (SSSR count). The van der Waals surface area contributed by atoms with E-state index in [0.717, 1.165) is 0 Å². The van der Waals surface area contributed by atoms with Crippen LogP contribution >= 0.6 is 0 Å². The second-order valence-corrected chi connectivity index (χ2v) is 7.68. The first-order valence-corrected chi connectivity index (χ1v) is 10.4. The number of hydrogen-bond donors (Lipinski definition) is 1. The maximum atomic E-state index is 12.6. The fraction of sp³-hybridized carbons (Fsp3) is 0.360. The van der Waals surface area contributed by atoms with Gasteiger partial charge in [-0.25, -0.2) is 9.59 Å². The molecule has 2 aromatic carbocycles. The number of esters is 2. The van der Waals surface area contributed by atoms with Gasteiger partial charge in [-0.15, -0.1) is 6.58 Å². The van der Waals surface area contributed by atoms with Gasteiger partial charge in [-0.2, -0.15) is 0 Å². The molecule has 0 saturated carbocycles. The van der Waals surface area contributed by atoms with Gasteiger partial charge in [0.2, 0.25) is 0 Å². The van der Waals surface area contributed by atoms with Crippen LogP contribution in [0.15, 0.2) is 73.3 Å². The molecule has 0 amide bonds. The smallest absolute Gasteiger partial charge is 0.338 e. The number of ether oxygens (including phenoxy) is 3. The summed E-state index contributed by atoms with van der Waals surface area (Å²) in [5.74, 6) is -1.16. The van der Waals surface area contributed by atoms with E-state index in [1.165, 1.54) is 0 Å². The zero-order valence-corrected chi connectivity index (χ0v) is 17.6. The third kappa shape index (κ3) is 6.03. The van der Waals surface area contributed by atoms with Crippen LogP contribution in [0, 0.1) is 5.92 Å². The van der Waals surface area contributed by atoms with Gasteiger partial charge < -0.3 is 19.3 Å². The molecule has 6 nitrogen and oxygen atoms in total. The third-order valence-corrected chi connectivity index (χ3v) is 5.44. The maximum Gasteiger partial charge on any atom is 0.338 e. The van der Waals surface area contributed by atoms with E-state index in [1.807, 2.05) is 19.1 Å². The molecule has 1 aliphatic rings. The van der Waals surface area contributed by atoms with Gasteiger partial charge in [-0.05, 0) is 30.7 Å². The highest BCUT2D eigenvalue weighted by atomic mass is 16.6. The maximum absolute atomic E-state index is 12.6. The Kier molecular flexibility index (Phi) is 7.98. The van der Waals surface area contributed by atoms with Gasteiger partial charge in [0.1, 0.15) is 12.7 Å². The normalized spacial score (nSPS) is 23.7. The molecule has 1 aliphatic heterocycles. The third-order valence-electron chi connectivity index (χ3n) is 5.44. The Morgan fingerprint density at radius 2 is 1.61 bits per heavy atom. The number of aliphatic hydroxyl groups is 1. The minimum absolute atomic E-state index is 0.110. The lowest BCUT2D eigenvalue weighted by atomic mass is 9.94. The molecule has 0 aliphatic carbocycles. The fourth-order valence-electron chi connectivity index (χ4n) is 3.65. The summed E-state index contributed by atoms with van der Waals surface area (Å²) in [6.07, 6.45) is 0.477. The van der Waals surface area contributed by atoms with Crippen LogP contribution in [0.3, 0.4) is 0 Å². The standard InChI is InChI=1S/C25H28O6/c1-3-10-21-23(26)17(2)22(31-21)15-20(30-25(28)19-13-8-5-9-14-19)16-29-24(27)18-11-6-4-7-12-18/h3-9,11-14,17,20-23,26H,1,10,15-16H2,2H3/t17-,20-,21-,22+,23?/m0/s1. The van der Waals surface area contributed by atoms with E-state index < -0.39 is 24.1 Å². The summed E-state index contributed by atoms with van der Waals surface area (Å²) >= 11 is 0. The van der Waals surface area contributed by atoms with Crippen LogP contribution in [0.5, 0.6) is 0 Å². The number of carbonyl (C=O) groups excluding carboxylic acids is 2. The molecule has 164 valence electrons. The average Bonchev–Trinajstić information content (AvgIpc) is 3.06. The predicted molar refractivity (Wildman–Crippen MR) is 116 cm³/mol. The van der Waals surface area contributed by atoms with Crippen molar-refractivity contribution in [1.82, 2.24) is 0 Å². The minimum atomic E-state index is -0.720. The van der Waals surface area contributed by atoms with Crippen molar-refractivity contribution in [3.63, 3.8) is 0 Å². The summed E-state index contributed by atoms with van der Waals surface area (Å²) < 4.78 is 17.1. The molecule has 6 heteroatoms. The molecule has 1 saturated heterocycles. The predicted octanol–water partition coefficient (Wildman–Crippen LogP) is 3.80.